The van der Waals surface area contributed by atoms with E-state index in [4.69, 9.17) is 0 Å². The lowest BCUT2D eigenvalue weighted by atomic mass is 10.2. The second kappa shape index (κ2) is 4.46. The SMILES string of the molecule is CCCCC(=O)CS(N)(=O)=O. The standard InChI is InChI=1S/C6H13NO3S/c1-2-3-4-6(8)5-11(7,9)10/h2-5H2,1H3,(H2,7,9,10). The van der Waals surface area contributed by atoms with Crippen LogP contribution in [0.4, 0.5) is 0 Å². The lowest BCUT2D eigenvalue weighted by Gasteiger charge is -1.96. The molecule has 11 heavy (non-hydrogen) atoms. The van der Waals surface area contributed by atoms with Crippen LogP contribution in [0.5, 0.6) is 0 Å². The molecule has 0 aliphatic heterocycles. The summed E-state index contributed by atoms with van der Waals surface area (Å²) in [5, 5.41) is 4.66. The van der Waals surface area contributed by atoms with Crippen molar-refractivity contribution in [3.05, 3.63) is 0 Å². The van der Waals surface area contributed by atoms with Crippen molar-refractivity contribution in [1.82, 2.24) is 0 Å². The van der Waals surface area contributed by atoms with Gasteiger partial charge in [0.2, 0.25) is 10.0 Å². The largest absolute Gasteiger partial charge is 0.299 e. The van der Waals surface area contributed by atoms with Crippen LogP contribution in [0.2, 0.25) is 0 Å². The molecule has 0 amide bonds. The molecule has 0 bridgehead atoms. The first kappa shape index (κ1) is 10.6. The average molecular weight is 179 g/mol. The molecule has 4 nitrogen and oxygen atoms in total. The minimum Gasteiger partial charge on any atom is -0.299 e. The van der Waals surface area contributed by atoms with Gasteiger partial charge in [-0.15, -0.1) is 0 Å². The first-order chi connectivity index (χ1) is 4.95. The minimum absolute atomic E-state index is 0.297. The Morgan fingerprint density at radius 2 is 2.00 bits per heavy atom. The minimum atomic E-state index is -3.60. The molecule has 0 fully saturated rings. The average Bonchev–Trinajstić information content (AvgIpc) is 1.79. The van der Waals surface area contributed by atoms with Crippen molar-refractivity contribution < 1.29 is 13.2 Å². The van der Waals surface area contributed by atoms with Gasteiger partial charge in [-0.1, -0.05) is 13.3 Å². The van der Waals surface area contributed by atoms with Crippen LogP contribution in [0.1, 0.15) is 26.2 Å². The normalized spacial score (nSPS) is 11.5. The maximum atomic E-state index is 10.8. The second-order valence-corrected chi connectivity index (χ2v) is 4.06. The topological polar surface area (TPSA) is 77.2 Å². The Morgan fingerprint density at radius 1 is 1.45 bits per heavy atom. The smallest absolute Gasteiger partial charge is 0.216 e. The van der Waals surface area contributed by atoms with Crippen LogP contribution in [0, 0.1) is 0 Å². The van der Waals surface area contributed by atoms with Crippen LogP contribution in [-0.2, 0) is 14.8 Å². The third-order valence-electron chi connectivity index (χ3n) is 1.17. The highest BCUT2D eigenvalue weighted by Gasteiger charge is 2.09. The van der Waals surface area contributed by atoms with Gasteiger partial charge in [0.1, 0.15) is 11.5 Å². The lowest BCUT2D eigenvalue weighted by Crippen LogP contribution is -2.22. The van der Waals surface area contributed by atoms with Crippen molar-refractivity contribution >= 4 is 15.8 Å². The van der Waals surface area contributed by atoms with Crippen molar-refractivity contribution in [3.63, 3.8) is 0 Å². The van der Waals surface area contributed by atoms with Crippen LogP contribution in [-0.4, -0.2) is 20.0 Å². The molecule has 0 aliphatic carbocycles. The first-order valence-electron chi connectivity index (χ1n) is 3.48. The van der Waals surface area contributed by atoms with Crippen LogP contribution < -0.4 is 5.14 Å². The summed E-state index contributed by atoms with van der Waals surface area (Å²) in [6, 6.07) is 0. The summed E-state index contributed by atoms with van der Waals surface area (Å²) in [5.41, 5.74) is 0. The molecule has 0 saturated carbocycles. The van der Waals surface area contributed by atoms with Gasteiger partial charge in [0.05, 0.1) is 0 Å². The quantitative estimate of drug-likeness (QED) is 0.647. The maximum absolute atomic E-state index is 10.8. The van der Waals surface area contributed by atoms with Crippen LogP contribution in [0.3, 0.4) is 0 Å². The Labute approximate surface area is 66.8 Å². The fraction of sp³-hybridized carbons (Fsp3) is 0.833. The molecular weight excluding hydrogens is 166 g/mol. The summed E-state index contributed by atoms with van der Waals surface area (Å²) in [6.07, 6.45) is 1.93. The van der Waals surface area contributed by atoms with E-state index >= 15 is 0 Å². The highest BCUT2D eigenvalue weighted by molar-refractivity contribution is 7.89. The molecule has 0 heterocycles. The van der Waals surface area contributed by atoms with Gasteiger partial charge in [0.15, 0.2) is 0 Å². The monoisotopic (exact) mass is 179 g/mol. The molecule has 2 N–H and O–H groups in total. The molecule has 66 valence electrons. The maximum Gasteiger partial charge on any atom is 0.216 e. The highest BCUT2D eigenvalue weighted by Crippen LogP contribution is 1.96. The third kappa shape index (κ3) is 7.48. The molecule has 0 spiro atoms. The van der Waals surface area contributed by atoms with Crippen molar-refractivity contribution in [2.24, 2.45) is 5.14 Å². The number of unbranched alkanes of at least 4 members (excludes halogenated alkanes) is 1. The Kier molecular flexibility index (Phi) is 4.29. The van der Waals surface area contributed by atoms with E-state index in [-0.39, 0.29) is 5.78 Å². The number of sulfonamides is 1. The van der Waals surface area contributed by atoms with Crippen molar-refractivity contribution in [2.45, 2.75) is 26.2 Å². The number of rotatable bonds is 5. The number of nitrogens with two attached hydrogens (primary N) is 1. The Morgan fingerprint density at radius 3 is 2.36 bits per heavy atom. The van der Waals surface area contributed by atoms with Gasteiger partial charge in [-0.2, -0.15) is 0 Å². The Balaban J connectivity index is 3.71. The van der Waals surface area contributed by atoms with Gasteiger partial charge >= 0.3 is 0 Å². The summed E-state index contributed by atoms with van der Waals surface area (Å²) in [4.78, 5) is 10.8. The fourth-order valence-electron chi connectivity index (χ4n) is 0.671. The Hall–Kier alpha value is -0.420. The zero-order valence-corrected chi connectivity index (χ0v) is 7.36. The van der Waals surface area contributed by atoms with Crippen molar-refractivity contribution in [2.75, 3.05) is 5.75 Å². The van der Waals surface area contributed by atoms with Gasteiger partial charge < -0.3 is 0 Å². The van der Waals surface area contributed by atoms with E-state index in [2.05, 4.69) is 5.14 Å². The summed E-state index contributed by atoms with van der Waals surface area (Å²) in [6.45, 7) is 1.93. The van der Waals surface area contributed by atoms with Crippen LogP contribution in [0.15, 0.2) is 0 Å². The number of ketones is 1. The van der Waals surface area contributed by atoms with E-state index in [1.54, 1.807) is 0 Å². The zero-order valence-electron chi connectivity index (χ0n) is 6.54. The van der Waals surface area contributed by atoms with Crippen LogP contribution >= 0.6 is 0 Å². The van der Waals surface area contributed by atoms with E-state index in [0.29, 0.717) is 6.42 Å². The molecule has 0 aromatic heterocycles. The van der Waals surface area contributed by atoms with Gasteiger partial charge in [0, 0.05) is 6.42 Å². The summed E-state index contributed by atoms with van der Waals surface area (Å²) >= 11 is 0. The van der Waals surface area contributed by atoms with Crippen LogP contribution in [0.25, 0.3) is 0 Å². The highest BCUT2D eigenvalue weighted by atomic mass is 32.2. The van der Waals surface area contributed by atoms with Gasteiger partial charge in [-0.25, -0.2) is 13.6 Å². The van der Waals surface area contributed by atoms with E-state index in [9.17, 15) is 13.2 Å². The van der Waals surface area contributed by atoms with Gasteiger partial charge in [0.25, 0.3) is 0 Å². The fourth-order valence-corrected chi connectivity index (χ4v) is 1.26. The molecule has 5 heteroatoms. The Bertz CT molecular complexity index is 220. The van der Waals surface area contributed by atoms with E-state index in [0.717, 1.165) is 12.8 Å². The number of hydrogen-bond donors (Lipinski definition) is 1. The summed E-state index contributed by atoms with van der Waals surface area (Å²) < 4.78 is 20.7. The first-order valence-corrected chi connectivity index (χ1v) is 5.19. The van der Waals surface area contributed by atoms with Gasteiger partial charge in [-0.3, -0.25) is 4.79 Å². The molecule has 0 atom stereocenters. The molecule has 0 radical (unpaired) electrons. The predicted octanol–water partition coefficient (Wildman–Crippen LogP) is 0.0342. The van der Waals surface area contributed by atoms with Crippen molar-refractivity contribution in [3.8, 4) is 0 Å². The molecule has 0 saturated heterocycles. The number of carbonyl (C=O) groups excluding carboxylic acids is 1. The lowest BCUT2D eigenvalue weighted by molar-refractivity contribution is -0.116. The number of primary sulfonamides is 1. The van der Waals surface area contributed by atoms with Gasteiger partial charge in [-0.05, 0) is 6.42 Å². The molecule has 0 aromatic carbocycles. The molecular formula is C6H13NO3S. The zero-order chi connectivity index (χ0) is 8.91. The van der Waals surface area contributed by atoms with E-state index in [1.807, 2.05) is 6.92 Å². The van der Waals surface area contributed by atoms with Crippen molar-refractivity contribution in [1.29, 1.82) is 0 Å². The molecule has 0 unspecified atom stereocenters. The number of carbonyl (C=O) groups is 1. The molecule has 0 aliphatic rings. The third-order valence-corrected chi connectivity index (χ3v) is 1.90. The predicted molar refractivity (Wildman–Crippen MR) is 42.5 cm³/mol. The van der Waals surface area contributed by atoms with E-state index in [1.165, 1.54) is 0 Å². The summed E-state index contributed by atoms with van der Waals surface area (Å²) in [5.74, 6) is -0.818. The summed E-state index contributed by atoms with van der Waals surface area (Å²) in [7, 11) is -3.60. The van der Waals surface area contributed by atoms with E-state index < -0.39 is 15.8 Å². The molecule has 0 aromatic rings. The number of Topliss-reactive ketones (excluding diaryl/α,β-unsaturated/α-hetero) is 1. The number of hydrogen-bond acceptors (Lipinski definition) is 3. The second-order valence-electron chi connectivity index (χ2n) is 2.45. The molecule has 0 rings (SSSR count).